The quantitative estimate of drug-likeness (QED) is 0.255. The summed E-state index contributed by atoms with van der Waals surface area (Å²) in [7, 11) is 0. The number of aromatic nitrogens is 1. The minimum atomic E-state index is -1.16. The zero-order chi connectivity index (χ0) is 27.9. The van der Waals surface area contributed by atoms with Gasteiger partial charge < -0.3 is 25.1 Å². The number of nitrogens with zero attached hydrogens (tertiary/aromatic N) is 2. The zero-order valence-electron chi connectivity index (χ0n) is 21.6. The van der Waals surface area contributed by atoms with Crippen molar-refractivity contribution < 1.29 is 19.1 Å². The molecule has 0 aliphatic rings. The minimum Gasteiger partial charge on any atom is -0.465 e. The molecule has 0 saturated carbocycles. The third kappa shape index (κ3) is 6.74. The average Bonchev–Trinajstić information content (AvgIpc) is 2.92. The molecular formula is C29H29ClN4O5. The lowest BCUT2D eigenvalue weighted by Gasteiger charge is -2.27. The lowest BCUT2D eigenvalue weighted by atomic mass is 10.0. The van der Waals surface area contributed by atoms with Crippen molar-refractivity contribution in [3.63, 3.8) is 0 Å². The monoisotopic (exact) mass is 548 g/mol. The topological polar surface area (TPSA) is 125 Å². The van der Waals surface area contributed by atoms with Crippen LogP contribution in [0.5, 0.6) is 0 Å². The van der Waals surface area contributed by atoms with Gasteiger partial charge in [0, 0.05) is 31.1 Å². The number of carbonyl (C=O) groups excluding carboxylic acids is 1. The molecule has 202 valence electrons. The van der Waals surface area contributed by atoms with Crippen molar-refractivity contribution in [1.29, 1.82) is 0 Å². The maximum atomic E-state index is 13.8. The molecule has 1 atom stereocenters. The Kier molecular flexibility index (Phi) is 8.83. The first-order chi connectivity index (χ1) is 18.8. The Bertz CT molecular complexity index is 1540. The van der Waals surface area contributed by atoms with E-state index in [1.54, 1.807) is 30.0 Å². The van der Waals surface area contributed by atoms with Gasteiger partial charge in [0.05, 0.1) is 10.9 Å². The molecule has 0 spiro atoms. The maximum absolute atomic E-state index is 13.8. The Morgan fingerprint density at radius 2 is 1.77 bits per heavy atom. The Balaban J connectivity index is 1.65. The molecule has 0 bridgehead atoms. The third-order valence-electron chi connectivity index (χ3n) is 6.49. The van der Waals surface area contributed by atoms with E-state index in [0.29, 0.717) is 41.2 Å². The summed E-state index contributed by atoms with van der Waals surface area (Å²) in [6, 6.07) is 19.4. The van der Waals surface area contributed by atoms with E-state index in [2.05, 4.69) is 15.6 Å². The van der Waals surface area contributed by atoms with Crippen molar-refractivity contribution in [3.8, 4) is 0 Å². The van der Waals surface area contributed by atoms with Gasteiger partial charge in [0.2, 0.25) is 5.91 Å². The highest BCUT2D eigenvalue weighted by Crippen LogP contribution is 2.22. The Hall–Kier alpha value is -4.37. The Morgan fingerprint density at radius 3 is 2.46 bits per heavy atom. The molecule has 0 fully saturated rings. The number of benzene rings is 3. The van der Waals surface area contributed by atoms with E-state index >= 15 is 0 Å². The van der Waals surface area contributed by atoms with Crippen LogP contribution in [-0.2, 0) is 24.3 Å². The van der Waals surface area contributed by atoms with Crippen LogP contribution in [0.25, 0.3) is 10.9 Å². The molecule has 4 rings (SSSR count). The van der Waals surface area contributed by atoms with Crippen LogP contribution in [0.3, 0.4) is 0 Å². The van der Waals surface area contributed by atoms with E-state index < -0.39 is 17.8 Å². The first-order valence-electron chi connectivity index (χ1n) is 12.5. The molecule has 3 N–H and O–H groups in total. The Labute approximate surface area is 230 Å². The van der Waals surface area contributed by atoms with Crippen molar-refractivity contribution >= 4 is 40.5 Å². The molecule has 1 aromatic heterocycles. The van der Waals surface area contributed by atoms with Crippen LogP contribution in [0, 0.1) is 6.92 Å². The van der Waals surface area contributed by atoms with Crippen LogP contribution >= 0.6 is 11.6 Å². The molecule has 10 heteroatoms. The van der Waals surface area contributed by atoms with Crippen LogP contribution in [0.2, 0.25) is 5.02 Å². The summed E-state index contributed by atoms with van der Waals surface area (Å²) in [5.41, 5.74) is 2.70. The number of rotatable bonds is 10. The summed E-state index contributed by atoms with van der Waals surface area (Å²) in [6.07, 6.45) is -0.829. The summed E-state index contributed by atoms with van der Waals surface area (Å²) in [6.45, 7) is 4.41. The summed E-state index contributed by atoms with van der Waals surface area (Å²) in [5.74, 6) is -0.197. The number of likely N-dealkylation sites (N-methyl/N-ethyl adjacent to an activating group) is 1. The number of carbonyl (C=O) groups is 2. The average molecular weight is 549 g/mol. The number of fused-ring (bicyclic) bond motifs is 1. The van der Waals surface area contributed by atoms with E-state index in [0.717, 1.165) is 11.1 Å². The minimum absolute atomic E-state index is 0.0441. The SMILES string of the molecule is CCN(Cc1ccccc1Cl)C(=O)[C@H](Cc1ccccc1)Nc1nc2ccc(CNC(=O)O)c(C)c2c(=O)o1. The van der Waals surface area contributed by atoms with Gasteiger partial charge in [0.25, 0.3) is 6.01 Å². The van der Waals surface area contributed by atoms with Gasteiger partial charge in [-0.3, -0.25) is 4.79 Å². The van der Waals surface area contributed by atoms with Crippen molar-refractivity contribution in [3.05, 3.63) is 104 Å². The number of amides is 2. The molecule has 4 aromatic rings. The van der Waals surface area contributed by atoms with E-state index in [-0.39, 0.29) is 23.9 Å². The summed E-state index contributed by atoms with van der Waals surface area (Å²) >= 11 is 6.35. The molecular weight excluding hydrogens is 520 g/mol. The van der Waals surface area contributed by atoms with Gasteiger partial charge in [-0.1, -0.05) is 66.2 Å². The van der Waals surface area contributed by atoms with E-state index in [4.69, 9.17) is 21.1 Å². The second-order valence-corrected chi connectivity index (χ2v) is 9.45. The van der Waals surface area contributed by atoms with Crippen LogP contribution in [0.15, 0.2) is 75.9 Å². The predicted octanol–water partition coefficient (Wildman–Crippen LogP) is 4.99. The van der Waals surface area contributed by atoms with Gasteiger partial charge >= 0.3 is 11.7 Å². The van der Waals surface area contributed by atoms with E-state index in [1.165, 1.54) is 0 Å². The lowest BCUT2D eigenvalue weighted by Crippen LogP contribution is -2.44. The van der Waals surface area contributed by atoms with Crippen LogP contribution in [-0.4, -0.2) is 39.6 Å². The maximum Gasteiger partial charge on any atom is 0.404 e. The molecule has 2 amide bonds. The van der Waals surface area contributed by atoms with Crippen molar-refractivity contribution in [2.24, 2.45) is 0 Å². The molecule has 9 nitrogen and oxygen atoms in total. The molecule has 0 radical (unpaired) electrons. The number of carboxylic acid groups (broad SMARTS) is 1. The summed E-state index contributed by atoms with van der Waals surface area (Å²) in [4.78, 5) is 43.8. The second-order valence-electron chi connectivity index (χ2n) is 9.04. The molecule has 1 heterocycles. The Morgan fingerprint density at radius 1 is 1.05 bits per heavy atom. The van der Waals surface area contributed by atoms with Crippen molar-refractivity contribution in [2.45, 2.75) is 39.4 Å². The van der Waals surface area contributed by atoms with Crippen LogP contribution in [0.1, 0.15) is 29.2 Å². The van der Waals surface area contributed by atoms with Gasteiger partial charge in [0.1, 0.15) is 6.04 Å². The summed E-state index contributed by atoms with van der Waals surface area (Å²) < 4.78 is 5.51. The van der Waals surface area contributed by atoms with Crippen molar-refractivity contribution in [2.75, 3.05) is 11.9 Å². The van der Waals surface area contributed by atoms with Gasteiger partial charge in [-0.05, 0) is 48.2 Å². The molecule has 0 aliphatic heterocycles. The van der Waals surface area contributed by atoms with Crippen LogP contribution < -0.4 is 16.3 Å². The standard InChI is InChI=1S/C29H29ClN4O5/c1-3-34(17-21-11-7-8-12-22(21)30)26(35)24(15-19-9-5-4-6-10-19)33-28-32-23-14-13-20(16-31-29(37)38)18(2)25(23)27(36)39-28/h4-14,24,31H,3,15-17H2,1-2H3,(H,32,33)(H,37,38)/t24-/m0/s1. The second kappa shape index (κ2) is 12.4. The van der Waals surface area contributed by atoms with Gasteiger partial charge in [0.15, 0.2) is 0 Å². The molecule has 39 heavy (non-hydrogen) atoms. The summed E-state index contributed by atoms with van der Waals surface area (Å²) in [5, 5.41) is 15.1. The number of aryl methyl sites for hydroxylation is 1. The highest BCUT2D eigenvalue weighted by molar-refractivity contribution is 6.31. The van der Waals surface area contributed by atoms with Gasteiger partial charge in [-0.25, -0.2) is 9.59 Å². The van der Waals surface area contributed by atoms with Crippen LogP contribution in [0.4, 0.5) is 10.8 Å². The largest absolute Gasteiger partial charge is 0.465 e. The number of hydrogen-bond donors (Lipinski definition) is 3. The zero-order valence-corrected chi connectivity index (χ0v) is 22.4. The first kappa shape index (κ1) is 27.7. The molecule has 0 aliphatic carbocycles. The van der Waals surface area contributed by atoms with Gasteiger partial charge in [-0.15, -0.1) is 0 Å². The number of nitrogens with one attached hydrogen (secondary N) is 2. The van der Waals surface area contributed by atoms with Crippen molar-refractivity contribution in [1.82, 2.24) is 15.2 Å². The predicted molar refractivity (Wildman–Crippen MR) is 150 cm³/mol. The first-order valence-corrected chi connectivity index (χ1v) is 12.9. The van der Waals surface area contributed by atoms with E-state index in [1.807, 2.05) is 55.5 Å². The lowest BCUT2D eigenvalue weighted by molar-refractivity contribution is -0.132. The van der Waals surface area contributed by atoms with E-state index in [9.17, 15) is 14.4 Å². The number of anilines is 1. The van der Waals surface area contributed by atoms with Gasteiger partial charge in [-0.2, -0.15) is 4.98 Å². The fraction of sp³-hybridized carbons (Fsp3) is 0.241. The highest BCUT2D eigenvalue weighted by Gasteiger charge is 2.26. The molecule has 3 aromatic carbocycles. The molecule has 0 unspecified atom stereocenters. The normalized spacial score (nSPS) is 11.7. The molecule has 0 saturated heterocycles. The smallest absolute Gasteiger partial charge is 0.404 e. The fourth-order valence-corrected chi connectivity index (χ4v) is 4.58. The number of halogens is 1. The third-order valence-corrected chi connectivity index (χ3v) is 6.86. The number of hydrogen-bond acceptors (Lipinski definition) is 6. The highest BCUT2D eigenvalue weighted by atomic mass is 35.5. The fourth-order valence-electron chi connectivity index (χ4n) is 4.38.